The molecule has 162 valence electrons. The molecule has 31 heavy (non-hydrogen) atoms. The summed E-state index contributed by atoms with van der Waals surface area (Å²) in [7, 11) is 0. The molecule has 4 bridgehead atoms. The molecule has 4 fully saturated rings. The number of para-hydroxylation sites is 1. The van der Waals surface area contributed by atoms with Crippen LogP contribution in [0.3, 0.4) is 0 Å². The standard InChI is InChI=1S/C26H30N2O3/c1-2-31-21-9-7-20(8-10-21)27-24(29)22-5-3-4-6-23(22)28-25(30)26-14-17-11-18(15-26)13-19(12-17)16-26/h3-10,17-19H,2,11-16H2,1H3,(H,27,29)(H,28,30). The van der Waals surface area contributed by atoms with E-state index in [1.165, 1.54) is 19.3 Å². The summed E-state index contributed by atoms with van der Waals surface area (Å²) in [6, 6.07) is 14.6. The lowest BCUT2D eigenvalue weighted by Crippen LogP contribution is -2.51. The highest BCUT2D eigenvalue weighted by Crippen LogP contribution is 2.60. The van der Waals surface area contributed by atoms with Gasteiger partial charge in [0.25, 0.3) is 5.91 Å². The Hall–Kier alpha value is -2.82. The van der Waals surface area contributed by atoms with Crippen LogP contribution in [0.25, 0.3) is 0 Å². The monoisotopic (exact) mass is 418 g/mol. The Morgan fingerprint density at radius 2 is 1.52 bits per heavy atom. The number of ether oxygens (including phenoxy) is 1. The van der Waals surface area contributed by atoms with Gasteiger partial charge in [0.1, 0.15) is 5.75 Å². The number of amides is 2. The number of nitrogens with one attached hydrogen (secondary N) is 2. The summed E-state index contributed by atoms with van der Waals surface area (Å²) < 4.78 is 5.45. The average Bonchev–Trinajstić information content (AvgIpc) is 2.75. The lowest BCUT2D eigenvalue weighted by atomic mass is 9.49. The van der Waals surface area contributed by atoms with Gasteiger partial charge in [0.15, 0.2) is 0 Å². The van der Waals surface area contributed by atoms with Crippen LogP contribution in [-0.2, 0) is 4.79 Å². The highest BCUT2D eigenvalue weighted by molar-refractivity contribution is 6.10. The summed E-state index contributed by atoms with van der Waals surface area (Å²) in [4.78, 5) is 26.4. The van der Waals surface area contributed by atoms with Gasteiger partial charge in [-0.1, -0.05) is 12.1 Å². The minimum atomic E-state index is -0.243. The minimum absolute atomic E-state index is 0.105. The van der Waals surface area contributed by atoms with Gasteiger partial charge in [0, 0.05) is 5.69 Å². The number of anilines is 2. The lowest BCUT2D eigenvalue weighted by Gasteiger charge is -2.55. The molecule has 0 spiro atoms. The van der Waals surface area contributed by atoms with Gasteiger partial charge in [-0.3, -0.25) is 9.59 Å². The van der Waals surface area contributed by atoms with Crippen molar-refractivity contribution in [3.8, 4) is 5.75 Å². The molecule has 4 aliphatic carbocycles. The molecule has 0 radical (unpaired) electrons. The molecule has 0 saturated heterocycles. The molecule has 6 rings (SSSR count). The first-order valence-electron chi connectivity index (χ1n) is 11.5. The van der Waals surface area contributed by atoms with Crippen molar-refractivity contribution in [3.63, 3.8) is 0 Å². The fraction of sp³-hybridized carbons (Fsp3) is 0.462. The summed E-state index contributed by atoms with van der Waals surface area (Å²) in [5, 5.41) is 6.07. The van der Waals surface area contributed by atoms with Crippen LogP contribution < -0.4 is 15.4 Å². The van der Waals surface area contributed by atoms with Crippen molar-refractivity contribution in [1.82, 2.24) is 0 Å². The van der Waals surface area contributed by atoms with Crippen LogP contribution in [0, 0.1) is 23.2 Å². The molecular formula is C26H30N2O3. The molecular weight excluding hydrogens is 388 g/mol. The summed E-state index contributed by atoms with van der Waals surface area (Å²) in [5.74, 6) is 2.75. The third kappa shape index (κ3) is 3.93. The van der Waals surface area contributed by atoms with E-state index in [4.69, 9.17) is 4.74 Å². The largest absolute Gasteiger partial charge is 0.494 e. The first-order valence-corrected chi connectivity index (χ1v) is 11.5. The van der Waals surface area contributed by atoms with E-state index in [1.807, 2.05) is 49.4 Å². The second-order valence-corrected chi connectivity index (χ2v) is 9.61. The van der Waals surface area contributed by atoms with Crippen LogP contribution in [0.15, 0.2) is 48.5 Å². The molecule has 4 aliphatic rings. The van der Waals surface area contributed by atoms with Gasteiger partial charge in [-0.05, 0) is 99.6 Å². The number of benzene rings is 2. The summed E-state index contributed by atoms with van der Waals surface area (Å²) in [6.45, 7) is 2.53. The number of hydrogen-bond acceptors (Lipinski definition) is 3. The van der Waals surface area contributed by atoms with Crippen LogP contribution >= 0.6 is 0 Å². The summed E-state index contributed by atoms with van der Waals surface area (Å²) in [6.07, 6.45) is 6.91. The van der Waals surface area contributed by atoms with E-state index >= 15 is 0 Å². The molecule has 4 saturated carbocycles. The molecule has 0 heterocycles. The molecule has 2 N–H and O–H groups in total. The van der Waals surface area contributed by atoms with Crippen molar-refractivity contribution < 1.29 is 14.3 Å². The van der Waals surface area contributed by atoms with E-state index in [-0.39, 0.29) is 17.2 Å². The molecule has 0 aliphatic heterocycles. The highest BCUT2D eigenvalue weighted by Gasteiger charge is 2.54. The normalized spacial score (nSPS) is 28.2. The first-order chi connectivity index (χ1) is 15.0. The van der Waals surface area contributed by atoms with Crippen molar-refractivity contribution in [2.24, 2.45) is 23.2 Å². The SMILES string of the molecule is CCOc1ccc(NC(=O)c2ccccc2NC(=O)C23CC4CC(CC(C4)C2)C3)cc1. The molecule has 5 nitrogen and oxygen atoms in total. The van der Waals surface area contributed by atoms with Gasteiger partial charge in [-0.25, -0.2) is 0 Å². The van der Waals surface area contributed by atoms with Crippen molar-refractivity contribution >= 4 is 23.2 Å². The maximum atomic E-state index is 13.4. The third-order valence-electron chi connectivity index (χ3n) is 7.36. The van der Waals surface area contributed by atoms with Crippen LogP contribution in [0.2, 0.25) is 0 Å². The highest BCUT2D eigenvalue weighted by atomic mass is 16.5. The maximum absolute atomic E-state index is 13.4. The van der Waals surface area contributed by atoms with E-state index in [0.717, 1.165) is 25.0 Å². The van der Waals surface area contributed by atoms with Gasteiger partial charge in [-0.15, -0.1) is 0 Å². The van der Waals surface area contributed by atoms with E-state index < -0.39 is 0 Å². The van der Waals surface area contributed by atoms with E-state index in [9.17, 15) is 9.59 Å². The zero-order chi connectivity index (χ0) is 21.4. The smallest absolute Gasteiger partial charge is 0.257 e. The molecule has 2 amide bonds. The van der Waals surface area contributed by atoms with Crippen molar-refractivity contribution in [2.45, 2.75) is 45.4 Å². The molecule has 2 aromatic rings. The Morgan fingerprint density at radius 1 is 0.903 bits per heavy atom. The topological polar surface area (TPSA) is 67.4 Å². The second-order valence-electron chi connectivity index (χ2n) is 9.61. The van der Waals surface area contributed by atoms with Crippen LogP contribution in [0.4, 0.5) is 11.4 Å². The van der Waals surface area contributed by atoms with Crippen LogP contribution in [0.5, 0.6) is 5.75 Å². The Bertz CT molecular complexity index is 947. The first kappa shape index (κ1) is 20.1. The molecule has 0 aromatic heterocycles. The van der Waals surface area contributed by atoms with E-state index in [2.05, 4.69) is 10.6 Å². The van der Waals surface area contributed by atoms with Crippen LogP contribution in [-0.4, -0.2) is 18.4 Å². The van der Waals surface area contributed by atoms with Gasteiger partial charge in [0.05, 0.1) is 23.3 Å². The number of carbonyl (C=O) groups excluding carboxylic acids is 2. The molecule has 2 aromatic carbocycles. The zero-order valence-corrected chi connectivity index (χ0v) is 18.0. The fourth-order valence-electron chi connectivity index (χ4n) is 6.43. The minimum Gasteiger partial charge on any atom is -0.494 e. The quantitative estimate of drug-likeness (QED) is 0.652. The van der Waals surface area contributed by atoms with Crippen LogP contribution in [0.1, 0.15) is 55.8 Å². The van der Waals surface area contributed by atoms with Gasteiger partial charge < -0.3 is 15.4 Å². The van der Waals surface area contributed by atoms with Gasteiger partial charge in [-0.2, -0.15) is 0 Å². The second kappa shape index (κ2) is 8.03. The van der Waals surface area contributed by atoms with Gasteiger partial charge in [0.2, 0.25) is 5.91 Å². The Labute approximate surface area is 183 Å². The molecule has 0 unspecified atom stereocenters. The van der Waals surface area contributed by atoms with Crippen molar-refractivity contribution in [3.05, 3.63) is 54.1 Å². The maximum Gasteiger partial charge on any atom is 0.257 e. The lowest BCUT2D eigenvalue weighted by molar-refractivity contribution is -0.140. The Kier molecular flexibility index (Phi) is 5.20. The zero-order valence-electron chi connectivity index (χ0n) is 18.0. The summed E-state index contributed by atoms with van der Waals surface area (Å²) in [5.41, 5.74) is 1.52. The average molecular weight is 419 g/mol. The number of hydrogen-bond donors (Lipinski definition) is 2. The van der Waals surface area contributed by atoms with Gasteiger partial charge >= 0.3 is 0 Å². The van der Waals surface area contributed by atoms with Crippen molar-refractivity contribution in [1.29, 1.82) is 0 Å². The van der Waals surface area contributed by atoms with Crippen molar-refractivity contribution in [2.75, 3.05) is 17.2 Å². The predicted octanol–water partition coefficient (Wildman–Crippen LogP) is 5.49. The third-order valence-corrected chi connectivity index (χ3v) is 7.36. The molecule has 5 heteroatoms. The number of rotatable bonds is 6. The van der Waals surface area contributed by atoms with E-state index in [0.29, 0.717) is 41.3 Å². The Morgan fingerprint density at radius 3 is 2.13 bits per heavy atom. The van der Waals surface area contributed by atoms with E-state index in [1.54, 1.807) is 6.07 Å². The Balaban J connectivity index is 1.31. The predicted molar refractivity (Wildman–Crippen MR) is 121 cm³/mol. The fourth-order valence-corrected chi connectivity index (χ4v) is 6.43. The summed E-state index contributed by atoms with van der Waals surface area (Å²) >= 11 is 0. The molecule has 0 atom stereocenters. The number of carbonyl (C=O) groups is 2.